The summed E-state index contributed by atoms with van der Waals surface area (Å²) in [6, 6.07) is 3.70. The van der Waals surface area contributed by atoms with Crippen LogP contribution in [0.15, 0.2) is 33.0 Å². The van der Waals surface area contributed by atoms with E-state index in [4.69, 9.17) is 29.7 Å². The molecule has 0 radical (unpaired) electrons. The summed E-state index contributed by atoms with van der Waals surface area (Å²) in [6.45, 7) is 7.66. The summed E-state index contributed by atoms with van der Waals surface area (Å²) in [7, 11) is 0. The molecular weight excluding hydrogens is 576 g/mol. The van der Waals surface area contributed by atoms with Gasteiger partial charge in [0.05, 0.1) is 0 Å². The van der Waals surface area contributed by atoms with E-state index < -0.39 is 11.7 Å². The van der Waals surface area contributed by atoms with Crippen molar-refractivity contribution in [2.24, 2.45) is 5.92 Å². The minimum atomic E-state index is -0.582. The van der Waals surface area contributed by atoms with Gasteiger partial charge < -0.3 is 34.6 Å². The zero-order valence-electron chi connectivity index (χ0n) is 21.5. The maximum absolute atomic E-state index is 12.7. The smallest absolute Gasteiger partial charge is 0.407 e. The van der Waals surface area contributed by atoms with E-state index in [0.717, 1.165) is 22.2 Å². The molecule has 3 N–H and O–H groups in total. The number of halogens is 1. The Morgan fingerprint density at radius 2 is 2.00 bits per heavy atom. The topological polar surface area (TPSA) is 136 Å². The molecule has 0 aliphatic carbocycles. The monoisotopic (exact) mass is 606 g/mol. The second-order valence-corrected chi connectivity index (χ2v) is 12.1. The summed E-state index contributed by atoms with van der Waals surface area (Å²) in [5.41, 5.74) is 6.76. The van der Waals surface area contributed by atoms with Crippen LogP contribution in [-0.4, -0.2) is 57.3 Å². The highest BCUT2D eigenvalue weighted by molar-refractivity contribution is 9.10. The lowest BCUT2D eigenvalue weighted by Crippen LogP contribution is -2.45. The van der Waals surface area contributed by atoms with E-state index in [9.17, 15) is 4.79 Å². The lowest BCUT2D eigenvalue weighted by Gasteiger charge is -2.32. The number of alkyl carbamates (subject to hydrolysis) is 1. The standard InChI is InChI=1S/C25H31BrN6O5S/c1-25(2,3)37-24(33)30-16(14-5-8-34-9-6-14)4-7-32-22-20(21(27)28-12-29-22)31-23(32)38-19-11-18-17(10-15(19)26)35-13-36-18/h10-12,14,16H,4-9,13H2,1-3H3,(H,30,33)(H2,27,28,29). The Labute approximate surface area is 233 Å². The zero-order valence-corrected chi connectivity index (χ0v) is 23.9. The fourth-order valence-corrected chi connectivity index (χ4v) is 6.07. The van der Waals surface area contributed by atoms with Crippen LogP contribution in [0.1, 0.15) is 40.0 Å². The number of aromatic nitrogens is 4. The van der Waals surface area contributed by atoms with Gasteiger partial charge in [0, 0.05) is 35.2 Å². The number of imidazole rings is 1. The van der Waals surface area contributed by atoms with Crippen molar-refractivity contribution < 1.29 is 23.7 Å². The second-order valence-electron chi connectivity index (χ2n) is 10.2. The van der Waals surface area contributed by atoms with Gasteiger partial charge in [-0.1, -0.05) is 11.8 Å². The molecule has 2 aromatic heterocycles. The van der Waals surface area contributed by atoms with Gasteiger partial charge in [-0.05, 0) is 74.0 Å². The molecule has 1 unspecified atom stereocenters. The normalized spacial score (nSPS) is 16.5. The first-order valence-corrected chi connectivity index (χ1v) is 14.1. The molecule has 5 rings (SSSR count). The molecule has 11 nitrogen and oxygen atoms in total. The molecule has 204 valence electrons. The van der Waals surface area contributed by atoms with Crippen molar-refractivity contribution in [1.29, 1.82) is 0 Å². The Balaban J connectivity index is 1.43. The first-order valence-electron chi connectivity index (χ1n) is 12.5. The molecule has 0 spiro atoms. The van der Waals surface area contributed by atoms with E-state index in [1.807, 2.05) is 37.5 Å². The van der Waals surface area contributed by atoms with Crippen LogP contribution < -0.4 is 20.5 Å². The number of nitrogens with one attached hydrogen (secondary N) is 1. The second kappa shape index (κ2) is 11.1. The number of ether oxygens (including phenoxy) is 4. The van der Waals surface area contributed by atoms with Crippen LogP contribution >= 0.6 is 27.7 Å². The third-order valence-electron chi connectivity index (χ3n) is 6.35. The molecule has 0 saturated carbocycles. The molecule has 2 aliphatic heterocycles. The van der Waals surface area contributed by atoms with Crippen LogP contribution in [0.2, 0.25) is 0 Å². The Hall–Kier alpha value is -2.77. The number of amides is 1. The highest BCUT2D eigenvalue weighted by Gasteiger charge is 2.29. The van der Waals surface area contributed by atoms with E-state index in [-0.39, 0.29) is 18.8 Å². The summed E-state index contributed by atoms with van der Waals surface area (Å²) in [5, 5.41) is 3.82. The largest absolute Gasteiger partial charge is 0.454 e. The van der Waals surface area contributed by atoms with E-state index >= 15 is 0 Å². The number of nitrogen functional groups attached to an aromatic ring is 1. The molecule has 1 amide bonds. The number of hydrogen-bond acceptors (Lipinski definition) is 10. The summed E-state index contributed by atoms with van der Waals surface area (Å²) >= 11 is 5.10. The van der Waals surface area contributed by atoms with Crippen LogP contribution in [0.3, 0.4) is 0 Å². The number of nitrogens with zero attached hydrogens (tertiary/aromatic N) is 4. The van der Waals surface area contributed by atoms with E-state index in [1.165, 1.54) is 18.1 Å². The zero-order chi connectivity index (χ0) is 26.9. The number of hydrogen-bond donors (Lipinski definition) is 2. The maximum Gasteiger partial charge on any atom is 0.407 e. The van der Waals surface area contributed by atoms with Crippen molar-refractivity contribution in [3.63, 3.8) is 0 Å². The average molecular weight is 608 g/mol. The van der Waals surface area contributed by atoms with E-state index in [1.54, 1.807) is 0 Å². The molecule has 1 aromatic carbocycles. The number of anilines is 1. The lowest BCUT2D eigenvalue weighted by molar-refractivity contribution is 0.0337. The number of aryl methyl sites for hydroxylation is 1. The summed E-state index contributed by atoms with van der Waals surface area (Å²) < 4.78 is 25.1. The number of carbonyl (C=O) groups excluding carboxylic acids is 1. The van der Waals surface area contributed by atoms with Crippen molar-refractivity contribution in [2.75, 3.05) is 25.7 Å². The molecule has 1 saturated heterocycles. The van der Waals surface area contributed by atoms with Gasteiger partial charge in [-0.3, -0.25) is 0 Å². The van der Waals surface area contributed by atoms with Gasteiger partial charge >= 0.3 is 6.09 Å². The van der Waals surface area contributed by atoms with Crippen LogP contribution in [0.25, 0.3) is 11.2 Å². The average Bonchev–Trinajstić information content (AvgIpc) is 3.46. The summed E-state index contributed by atoms with van der Waals surface area (Å²) in [4.78, 5) is 27.0. The molecule has 4 heterocycles. The first kappa shape index (κ1) is 26.8. The predicted molar refractivity (Wildman–Crippen MR) is 145 cm³/mol. The predicted octanol–water partition coefficient (Wildman–Crippen LogP) is 4.76. The van der Waals surface area contributed by atoms with Crippen molar-refractivity contribution in [3.05, 3.63) is 22.9 Å². The van der Waals surface area contributed by atoms with Gasteiger partial charge in [0.25, 0.3) is 0 Å². The van der Waals surface area contributed by atoms with Crippen LogP contribution in [-0.2, 0) is 16.0 Å². The molecule has 1 fully saturated rings. The third kappa shape index (κ3) is 6.10. The highest BCUT2D eigenvalue weighted by Crippen LogP contribution is 2.43. The number of fused-ring (bicyclic) bond motifs is 2. The van der Waals surface area contributed by atoms with Crippen molar-refractivity contribution in [2.45, 2.75) is 68.3 Å². The van der Waals surface area contributed by atoms with Crippen molar-refractivity contribution >= 4 is 50.8 Å². The van der Waals surface area contributed by atoms with Gasteiger partial charge in [-0.15, -0.1) is 0 Å². The van der Waals surface area contributed by atoms with Gasteiger partial charge in [-0.2, -0.15) is 0 Å². The minimum Gasteiger partial charge on any atom is -0.454 e. The highest BCUT2D eigenvalue weighted by atomic mass is 79.9. The van der Waals surface area contributed by atoms with Crippen LogP contribution in [0, 0.1) is 5.92 Å². The fraction of sp³-hybridized carbons (Fsp3) is 0.520. The fourth-order valence-electron chi connectivity index (χ4n) is 4.56. The van der Waals surface area contributed by atoms with Crippen molar-refractivity contribution in [1.82, 2.24) is 24.8 Å². The van der Waals surface area contributed by atoms with Gasteiger partial charge in [0.2, 0.25) is 6.79 Å². The number of benzene rings is 1. The van der Waals surface area contributed by atoms with E-state index in [2.05, 4.69) is 31.2 Å². The molecule has 1 atom stereocenters. The Bertz CT molecular complexity index is 1320. The van der Waals surface area contributed by atoms with Gasteiger partial charge in [-0.25, -0.2) is 19.7 Å². The third-order valence-corrected chi connectivity index (χ3v) is 8.32. The Morgan fingerprint density at radius 3 is 2.74 bits per heavy atom. The number of rotatable bonds is 7. The summed E-state index contributed by atoms with van der Waals surface area (Å²) in [5.74, 6) is 1.95. The van der Waals surface area contributed by atoms with Crippen molar-refractivity contribution in [3.8, 4) is 11.5 Å². The molecule has 3 aromatic rings. The van der Waals surface area contributed by atoms with Crippen LogP contribution in [0.4, 0.5) is 10.6 Å². The first-order chi connectivity index (χ1) is 18.2. The quantitative estimate of drug-likeness (QED) is 0.387. The molecule has 2 aliphatic rings. The molecule has 0 bridgehead atoms. The number of carbonyl (C=O) groups is 1. The van der Waals surface area contributed by atoms with Gasteiger partial charge in [0.15, 0.2) is 33.6 Å². The Morgan fingerprint density at radius 1 is 1.26 bits per heavy atom. The molecular formula is C25H31BrN6O5S. The number of nitrogens with two attached hydrogens (primary N) is 1. The SMILES string of the molecule is CC(C)(C)OC(=O)NC(CCn1c(Sc2cc3c(cc2Br)OCO3)nc2c(N)ncnc21)C1CCOCC1. The molecule has 38 heavy (non-hydrogen) atoms. The lowest BCUT2D eigenvalue weighted by atomic mass is 9.89. The minimum absolute atomic E-state index is 0.111. The summed E-state index contributed by atoms with van der Waals surface area (Å²) in [6.07, 6.45) is 3.40. The van der Waals surface area contributed by atoms with Crippen LogP contribution in [0.5, 0.6) is 11.5 Å². The maximum atomic E-state index is 12.7. The van der Waals surface area contributed by atoms with Gasteiger partial charge in [0.1, 0.15) is 11.9 Å². The van der Waals surface area contributed by atoms with E-state index in [0.29, 0.717) is 59.8 Å². The Kier molecular flexibility index (Phi) is 7.87. The molecule has 13 heteroatoms.